The van der Waals surface area contributed by atoms with Crippen molar-refractivity contribution in [2.24, 2.45) is 11.8 Å². The molecule has 2 aliphatic carbocycles. The van der Waals surface area contributed by atoms with E-state index in [0.29, 0.717) is 4.77 Å². The Kier molecular flexibility index (Phi) is 3.30. The SMILES string of the molecule is S=c1[nH]nc(N(CC2CC2)CC2CC2)n1-c1ccccc1. The molecule has 0 saturated heterocycles. The smallest absolute Gasteiger partial charge is 0.230 e. The van der Waals surface area contributed by atoms with Crippen molar-refractivity contribution in [3.63, 3.8) is 0 Å². The number of nitrogens with one attached hydrogen (secondary N) is 1. The van der Waals surface area contributed by atoms with Crippen LogP contribution in [0.3, 0.4) is 0 Å². The molecule has 5 heteroatoms. The number of hydrogen-bond donors (Lipinski definition) is 1. The van der Waals surface area contributed by atoms with Crippen molar-refractivity contribution in [2.75, 3.05) is 18.0 Å². The number of nitrogens with zero attached hydrogens (tertiary/aromatic N) is 3. The van der Waals surface area contributed by atoms with Crippen molar-refractivity contribution in [1.82, 2.24) is 14.8 Å². The van der Waals surface area contributed by atoms with Crippen molar-refractivity contribution in [3.8, 4) is 5.69 Å². The molecule has 1 aromatic heterocycles. The van der Waals surface area contributed by atoms with Crippen LogP contribution in [-0.2, 0) is 0 Å². The van der Waals surface area contributed by atoms with Gasteiger partial charge < -0.3 is 4.90 Å². The van der Waals surface area contributed by atoms with Gasteiger partial charge in [0.2, 0.25) is 10.7 Å². The molecule has 1 aromatic carbocycles. The standard InChI is InChI=1S/C16H20N4S/c21-16-18-17-15(20(16)14-4-2-1-3-5-14)19(10-12-6-7-12)11-13-8-9-13/h1-5,12-13H,6-11H2,(H,18,21). The zero-order chi connectivity index (χ0) is 14.2. The maximum atomic E-state index is 5.45. The Labute approximate surface area is 129 Å². The fourth-order valence-electron chi connectivity index (χ4n) is 2.77. The van der Waals surface area contributed by atoms with Crippen molar-refractivity contribution >= 4 is 18.2 Å². The van der Waals surface area contributed by atoms with Crippen LogP contribution >= 0.6 is 12.2 Å². The van der Waals surface area contributed by atoms with Crippen LogP contribution in [0.1, 0.15) is 25.7 Å². The van der Waals surface area contributed by atoms with Gasteiger partial charge in [0, 0.05) is 13.1 Å². The fourth-order valence-corrected chi connectivity index (χ4v) is 3.01. The van der Waals surface area contributed by atoms with E-state index in [1.165, 1.54) is 25.7 Å². The second-order valence-corrected chi connectivity index (χ2v) is 6.68. The Morgan fingerprint density at radius 2 is 1.71 bits per heavy atom. The third-order valence-electron chi connectivity index (χ3n) is 4.30. The molecule has 0 amide bonds. The van der Waals surface area contributed by atoms with Gasteiger partial charge >= 0.3 is 0 Å². The topological polar surface area (TPSA) is 36.9 Å². The highest BCUT2D eigenvalue weighted by Crippen LogP contribution is 2.35. The van der Waals surface area contributed by atoms with Crippen molar-refractivity contribution in [1.29, 1.82) is 0 Å². The minimum Gasteiger partial charge on any atom is -0.340 e. The predicted molar refractivity (Wildman–Crippen MR) is 86.4 cm³/mol. The first-order valence-corrected chi connectivity index (χ1v) is 8.20. The summed E-state index contributed by atoms with van der Waals surface area (Å²) in [5.41, 5.74) is 1.09. The van der Waals surface area contributed by atoms with Gasteiger partial charge in [-0.2, -0.15) is 0 Å². The highest BCUT2D eigenvalue weighted by molar-refractivity contribution is 7.71. The molecular weight excluding hydrogens is 280 g/mol. The maximum Gasteiger partial charge on any atom is 0.230 e. The second-order valence-electron chi connectivity index (χ2n) is 6.29. The molecule has 0 spiro atoms. The lowest BCUT2D eigenvalue weighted by Crippen LogP contribution is -2.30. The van der Waals surface area contributed by atoms with E-state index in [1.807, 2.05) is 18.2 Å². The van der Waals surface area contributed by atoms with Gasteiger partial charge in [0.1, 0.15) is 0 Å². The highest BCUT2D eigenvalue weighted by Gasteiger charge is 2.31. The molecule has 4 nitrogen and oxygen atoms in total. The van der Waals surface area contributed by atoms with E-state index >= 15 is 0 Å². The first-order chi connectivity index (χ1) is 10.3. The summed E-state index contributed by atoms with van der Waals surface area (Å²) in [7, 11) is 0. The number of benzene rings is 1. The lowest BCUT2D eigenvalue weighted by Gasteiger charge is -2.24. The summed E-state index contributed by atoms with van der Waals surface area (Å²) >= 11 is 5.45. The number of aromatic nitrogens is 3. The normalized spacial score (nSPS) is 17.9. The van der Waals surface area contributed by atoms with Crippen LogP contribution in [0.2, 0.25) is 0 Å². The number of rotatable bonds is 6. The molecule has 1 N–H and O–H groups in total. The molecular formula is C16H20N4S. The number of hydrogen-bond acceptors (Lipinski definition) is 3. The van der Waals surface area contributed by atoms with Crippen LogP contribution in [0.4, 0.5) is 5.95 Å². The van der Waals surface area contributed by atoms with Gasteiger partial charge in [-0.25, -0.2) is 5.10 Å². The summed E-state index contributed by atoms with van der Waals surface area (Å²) < 4.78 is 2.74. The number of anilines is 1. The molecule has 1 heterocycles. The van der Waals surface area contributed by atoms with E-state index < -0.39 is 0 Å². The van der Waals surface area contributed by atoms with E-state index in [0.717, 1.165) is 36.6 Å². The predicted octanol–water partition coefficient (Wildman–Crippen LogP) is 3.56. The zero-order valence-corrected chi connectivity index (χ0v) is 12.9. The summed E-state index contributed by atoms with van der Waals surface area (Å²) in [6.45, 7) is 2.23. The summed E-state index contributed by atoms with van der Waals surface area (Å²) in [5.74, 6) is 2.67. The van der Waals surface area contributed by atoms with E-state index in [1.54, 1.807) is 0 Å². The third-order valence-corrected chi connectivity index (χ3v) is 4.58. The average Bonchev–Trinajstić information content (AvgIpc) is 3.42. The summed E-state index contributed by atoms with van der Waals surface area (Å²) in [6, 6.07) is 10.3. The molecule has 21 heavy (non-hydrogen) atoms. The number of aromatic amines is 1. The molecule has 2 saturated carbocycles. The van der Waals surface area contributed by atoms with Gasteiger partial charge in [0.25, 0.3) is 0 Å². The van der Waals surface area contributed by atoms with Gasteiger partial charge in [-0.05, 0) is 61.9 Å². The minimum atomic E-state index is 0.674. The van der Waals surface area contributed by atoms with E-state index in [2.05, 4.69) is 31.8 Å². The van der Waals surface area contributed by atoms with Gasteiger partial charge in [0.05, 0.1) is 5.69 Å². The monoisotopic (exact) mass is 300 g/mol. The maximum absolute atomic E-state index is 5.45. The Morgan fingerprint density at radius 1 is 1.10 bits per heavy atom. The van der Waals surface area contributed by atoms with Gasteiger partial charge in [-0.1, -0.05) is 18.2 Å². The Morgan fingerprint density at radius 3 is 2.29 bits per heavy atom. The molecule has 0 bridgehead atoms. The zero-order valence-electron chi connectivity index (χ0n) is 12.0. The lowest BCUT2D eigenvalue weighted by atomic mass is 10.3. The molecule has 0 radical (unpaired) electrons. The van der Waals surface area contributed by atoms with E-state index in [9.17, 15) is 0 Å². The van der Waals surface area contributed by atoms with Crippen LogP contribution in [0.5, 0.6) is 0 Å². The Bertz CT molecular complexity index is 653. The first kappa shape index (κ1) is 13.1. The summed E-state index contributed by atoms with van der Waals surface area (Å²) in [5, 5.41) is 7.50. The van der Waals surface area contributed by atoms with Gasteiger partial charge in [-0.3, -0.25) is 4.57 Å². The van der Waals surface area contributed by atoms with Crippen LogP contribution in [0.15, 0.2) is 30.3 Å². The molecule has 0 atom stereocenters. The second kappa shape index (κ2) is 5.30. The molecule has 0 aliphatic heterocycles. The van der Waals surface area contributed by atoms with Gasteiger partial charge in [0.15, 0.2) is 0 Å². The van der Waals surface area contributed by atoms with Crippen LogP contribution in [-0.4, -0.2) is 27.9 Å². The molecule has 2 fully saturated rings. The summed E-state index contributed by atoms with van der Waals surface area (Å²) in [4.78, 5) is 2.44. The highest BCUT2D eigenvalue weighted by atomic mass is 32.1. The Balaban J connectivity index is 1.70. The molecule has 0 unspecified atom stereocenters. The first-order valence-electron chi connectivity index (χ1n) is 7.79. The van der Waals surface area contributed by atoms with E-state index in [-0.39, 0.29) is 0 Å². The van der Waals surface area contributed by atoms with Crippen molar-refractivity contribution < 1.29 is 0 Å². The van der Waals surface area contributed by atoms with Gasteiger partial charge in [-0.15, -0.1) is 5.10 Å². The average molecular weight is 300 g/mol. The molecule has 2 aromatic rings. The largest absolute Gasteiger partial charge is 0.340 e. The number of para-hydroxylation sites is 1. The van der Waals surface area contributed by atoms with Crippen molar-refractivity contribution in [2.45, 2.75) is 25.7 Å². The van der Waals surface area contributed by atoms with Crippen molar-refractivity contribution in [3.05, 3.63) is 35.1 Å². The molecule has 110 valence electrons. The quantitative estimate of drug-likeness (QED) is 0.829. The minimum absolute atomic E-state index is 0.674. The summed E-state index contributed by atoms with van der Waals surface area (Å²) in [6.07, 6.45) is 5.44. The number of H-pyrrole nitrogens is 1. The van der Waals surface area contributed by atoms with Crippen LogP contribution in [0, 0.1) is 16.6 Å². The van der Waals surface area contributed by atoms with Crippen LogP contribution in [0.25, 0.3) is 5.69 Å². The molecule has 2 aliphatic rings. The third kappa shape index (κ3) is 2.88. The van der Waals surface area contributed by atoms with Crippen LogP contribution < -0.4 is 4.90 Å². The fraction of sp³-hybridized carbons (Fsp3) is 0.500. The van der Waals surface area contributed by atoms with E-state index in [4.69, 9.17) is 12.2 Å². The Hall–Kier alpha value is -1.62. The lowest BCUT2D eigenvalue weighted by molar-refractivity contribution is 0.656. The molecule has 4 rings (SSSR count).